The summed E-state index contributed by atoms with van der Waals surface area (Å²) in [7, 11) is 5.56. The topological polar surface area (TPSA) is 94.9 Å². The second kappa shape index (κ2) is 9.90. The molecule has 1 aromatic rings. The van der Waals surface area contributed by atoms with E-state index in [1.54, 1.807) is 18.7 Å². The molecule has 1 unspecified atom stereocenters. The molecule has 0 radical (unpaired) electrons. The Bertz CT molecular complexity index is 691. The molecule has 1 fully saturated rings. The van der Waals surface area contributed by atoms with Crippen LogP contribution in [-0.4, -0.2) is 70.2 Å². The van der Waals surface area contributed by atoms with Gasteiger partial charge in [0.25, 0.3) is 5.91 Å². The van der Waals surface area contributed by atoms with Crippen molar-refractivity contribution in [1.82, 2.24) is 30.2 Å². The third-order valence-corrected chi connectivity index (χ3v) is 4.65. The van der Waals surface area contributed by atoms with Crippen LogP contribution in [0.15, 0.2) is 17.4 Å². The Morgan fingerprint density at radius 1 is 1.44 bits per heavy atom. The summed E-state index contributed by atoms with van der Waals surface area (Å²) in [5.74, 6) is 0.604. The summed E-state index contributed by atoms with van der Waals surface area (Å²) in [4.78, 5) is 31.9. The number of nitrogens with one attached hydrogen (secondary N) is 2. The minimum atomic E-state index is -0.773. The summed E-state index contributed by atoms with van der Waals surface area (Å²) < 4.78 is 1.77. The highest BCUT2D eigenvalue weighted by Crippen LogP contribution is 2.20. The Balaban J connectivity index is 0.00000364. The standard InChI is InChI=1S/C17H29N7O2.HI/c1-6-17(2)14(25)24(16(26)21-17)9-7-8-19-15(18-3)22(4)11-13-10-20-23(5)12-13;/h10,12H,6-9,11H2,1-5H3,(H,18,19)(H,21,26);1H. The average Bonchev–Trinajstić information content (AvgIpc) is 3.10. The Labute approximate surface area is 177 Å². The lowest BCUT2D eigenvalue weighted by molar-refractivity contribution is -0.130. The third-order valence-electron chi connectivity index (χ3n) is 4.65. The lowest BCUT2D eigenvalue weighted by atomic mass is 9.99. The molecular formula is C17H30IN7O2. The van der Waals surface area contributed by atoms with Crippen molar-refractivity contribution >= 4 is 41.9 Å². The third kappa shape index (κ3) is 5.56. The van der Waals surface area contributed by atoms with Gasteiger partial charge in [0.15, 0.2) is 5.96 Å². The van der Waals surface area contributed by atoms with E-state index in [2.05, 4.69) is 20.7 Å². The molecule has 152 valence electrons. The molecule has 9 nitrogen and oxygen atoms in total. The summed E-state index contributed by atoms with van der Waals surface area (Å²) >= 11 is 0. The fraction of sp³-hybridized carbons (Fsp3) is 0.647. The zero-order valence-corrected chi connectivity index (χ0v) is 19.0. The fourth-order valence-corrected chi connectivity index (χ4v) is 2.91. The number of rotatable bonds is 7. The number of imide groups is 1. The van der Waals surface area contributed by atoms with Crippen LogP contribution in [0.25, 0.3) is 0 Å². The van der Waals surface area contributed by atoms with Gasteiger partial charge in [0, 0.05) is 52.5 Å². The van der Waals surface area contributed by atoms with Gasteiger partial charge in [-0.05, 0) is 19.8 Å². The second-order valence-corrected chi connectivity index (χ2v) is 6.78. The molecule has 27 heavy (non-hydrogen) atoms. The van der Waals surface area contributed by atoms with Crippen LogP contribution in [0.3, 0.4) is 0 Å². The van der Waals surface area contributed by atoms with Gasteiger partial charge in [-0.25, -0.2) is 4.79 Å². The summed E-state index contributed by atoms with van der Waals surface area (Å²) in [6.07, 6.45) is 5.02. The molecule has 2 heterocycles. The van der Waals surface area contributed by atoms with Gasteiger partial charge in [-0.1, -0.05) is 6.92 Å². The number of hydrogen-bond acceptors (Lipinski definition) is 4. The minimum absolute atomic E-state index is 0. The summed E-state index contributed by atoms with van der Waals surface area (Å²) in [6, 6.07) is -0.308. The Hall–Kier alpha value is -1.85. The highest BCUT2D eigenvalue weighted by molar-refractivity contribution is 14.0. The molecule has 0 saturated carbocycles. The maximum absolute atomic E-state index is 12.3. The molecule has 0 spiro atoms. The molecular weight excluding hydrogens is 461 g/mol. The first-order valence-corrected chi connectivity index (χ1v) is 8.84. The Morgan fingerprint density at radius 2 is 2.15 bits per heavy atom. The van der Waals surface area contributed by atoms with Crippen LogP contribution in [0.2, 0.25) is 0 Å². The van der Waals surface area contributed by atoms with Gasteiger partial charge >= 0.3 is 6.03 Å². The zero-order chi connectivity index (χ0) is 19.3. The van der Waals surface area contributed by atoms with Crippen molar-refractivity contribution in [3.63, 3.8) is 0 Å². The van der Waals surface area contributed by atoms with Gasteiger partial charge in [-0.2, -0.15) is 5.10 Å². The van der Waals surface area contributed by atoms with Crippen molar-refractivity contribution < 1.29 is 9.59 Å². The van der Waals surface area contributed by atoms with E-state index in [-0.39, 0.29) is 35.9 Å². The number of amides is 3. The van der Waals surface area contributed by atoms with E-state index in [1.807, 2.05) is 38.3 Å². The van der Waals surface area contributed by atoms with Gasteiger partial charge in [-0.15, -0.1) is 24.0 Å². The number of carbonyl (C=O) groups excluding carboxylic acids is 2. The lowest BCUT2D eigenvalue weighted by Gasteiger charge is -2.22. The van der Waals surface area contributed by atoms with Gasteiger partial charge in [0.1, 0.15) is 5.54 Å². The van der Waals surface area contributed by atoms with Gasteiger partial charge < -0.3 is 15.5 Å². The first kappa shape index (κ1) is 23.2. The van der Waals surface area contributed by atoms with Crippen molar-refractivity contribution in [2.24, 2.45) is 12.0 Å². The van der Waals surface area contributed by atoms with E-state index >= 15 is 0 Å². The van der Waals surface area contributed by atoms with E-state index in [4.69, 9.17) is 0 Å². The maximum atomic E-state index is 12.3. The number of hydrogen-bond donors (Lipinski definition) is 2. The molecule has 1 aliphatic heterocycles. The molecule has 0 aliphatic carbocycles. The minimum Gasteiger partial charge on any atom is -0.356 e. The fourth-order valence-electron chi connectivity index (χ4n) is 2.91. The van der Waals surface area contributed by atoms with Crippen molar-refractivity contribution in [3.8, 4) is 0 Å². The Kier molecular flexibility index (Phi) is 8.51. The van der Waals surface area contributed by atoms with E-state index < -0.39 is 5.54 Å². The lowest BCUT2D eigenvalue weighted by Crippen LogP contribution is -2.43. The van der Waals surface area contributed by atoms with E-state index in [1.165, 1.54) is 4.90 Å². The predicted molar refractivity (Wildman–Crippen MR) is 115 cm³/mol. The summed E-state index contributed by atoms with van der Waals surface area (Å²) in [5, 5.41) is 10.2. The molecule has 1 aliphatic rings. The van der Waals surface area contributed by atoms with Gasteiger partial charge in [-0.3, -0.25) is 19.4 Å². The number of aliphatic imine (C=N–C) groups is 1. The van der Waals surface area contributed by atoms with E-state index in [0.717, 1.165) is 11.5 Å². The molecule has 3 amide bonds. The van der Waals surface area contributed by atoms with Crippen LogP contribution in [-0.2, 0) is 18.4 Å². The predicted octanol–water partition coefficient (Wildman–Crippen LogP) is 1.16. The quantitative estimate of drug-likeness (QED) is 0.196. The second-order valence-electron chi connectivity index (χ2n) is 6.78. The number of urea groups is 1. The maximum Gasteiger partial charge on any atom is 0.325 e. The van der Waals surface area contributed by atoms with Crippen LogP contribution < -0.4 is 10.6 Å². The van der Waals surface area contributed by atoms with Crippen LogP contribution in [0, 0.1) is 0 Å². The smallest absolute Gasteiger partial charge is 0.325 e. The van der Waals surface area contributed by atoms with Crippen LogP contribution in [0.4, 0.5) is 4.79 Å². The van der Waals surface area contributed by atoms with Gasteiger partial charge in [0.2, 0.25) is 0 Å². The van der Waals surface area contributed by atoms with Gasteiger partial charge in [0.05, 0.1) is 6.20 Å². The van der Waals surface area contributed by atoms with Crippen molar-refractivity contribution in [1.29, 1.82) is 0 Å². The number of guanidine groups is 1. The molecule has 2 rings (SSSR count). The summed E-state index contributed by atoms with van der Waals surface area (Å²) in [5.41, 5.74) is 0.320. The first-order chi connectivity index (χ1) is 12.3. The molecule has 0 aromatic carbocycles. The SMILES string of the molecule is CCC1(C)NC(=O)N(CCCNC(=NC)N(C)Cc2cnn(C)c2)C1=O.I. The number of nitrogens with zero attached hydrogens (tertiary/aromatic N) is 5. The molecule has 1 aromatic heterocycles. The van der Waals surface area contributed by atoms with Crippen molar-refractivity contribution in [2.75, 3.05) is 27.2 Å². The molecule has 1 saturated heterocycles. The highest BCUT2D eigenvalue weighted by atomic mass is 127. The highest BCUT2D eigenvalue weighted by Gasteiger charge is 2.45. The van der Waals surface area contributed by atoms with E-state index in [0.29, 0.717) is 32.5 Å². The number of aryl methyl sites for hydroxylation is 1. The molecule has 2 N–H and O–H groups in total. The number of carbonyl (C=O) groups is 2. The van der Waals surface area contributed by atoms with E-state index in [9.17, 15) is 9.59 Å². The number of aromatic nitrogens is 2. The van der Waals surface area contributed by atoms with Crippen molar-refractivity contribution in [2.45, 2.75) is 38.8 Å². The summed E-state index contributed by atoms with van der Waals surface area (Å²) in [6.45, 7) is 5.35. The molecule has 0 bridgehead atoms. The monoisotopic (exact) mass is 491 g/mol. The average molecular weight is 491 g/mol. The van der Waals surface area contributed by atoms with Crippen LogP contribution >= 0.6 is 24.0 Å². The molecule has 10 heteroatoms. The Morgan fingerprint density at radius 3 is 2.67 bits per heavy atom. The molecule has 1 atom stereocenters. The number of halogens is 1. The van der Waals surface area contributed by atoms with Crippen molar-refractivity contribution in [3.05, 3.63) is 18.0 Å². The van der Waals surface area contributed by atoms with Crippen LogP contribution in [0.5, 0.6) is 0 Å². The zero-order valence-electron chi connectivity index (χ0n) is 16.7. The first-order valence-electron chi connectivity index (χ1n) is 8.84. The van der Waals surface area contributed by atoms with Crippen LogP contribution in [0.1, 0.15) is 32.3 Å². The largest absolute Gasteiger partial charge is 0.356 e. The normalized spacial score (nSPS) is 19.7.